The predicted molar refractivity (Wildman–Crippen MR) is 104 cm³/mol. The van der Waals surface area contributed by atoms with Gasteiger partial charge in [0.2, 0.25) is 0 Å². The smallest absolute Gasteiger partial charge is 0.131 e. The maximum Gasteiger partial charge on any atom is 0.131 e. The van der Waals surface area contributed by atoms with E-state index in [2.05, 4.69) is 62.3 Å². The van der Waals surface area contributed by atoms with Crippen molar-refractivity contribution in [2.75, 3.05) is 0 Å². The number of thiazole rings is 1. The fourth-order valence-corrected chi connectivity index (χ4v) is 3.47. The molecule has 0 aliphatic heterocycles. The molecule has 0 amide bonds. The highest BCUT2D eigenvalue weighted by Crippen LogP contribution is 2.25. The number of benzene rings is 1. The fraction of sp³-hybridized carbons (Fsp3) is 0.571. The zero-order valence-electron chi connectivity index (χ0n) is 15.7. The summed E-state index contributed by atoms with van der Waals surface area (Å²) in [4.78, 5) is 4.43. The molecule has 0 saturated carbocycles. The van der Waals surface area contributed by atoms with Crippen molar-refractivity contribution in [2.45, 2.75) is 60.5 Å². The van der Waals surface area contributed by atoms with Gasteiger partial charge in [0.25, 0.3) is 0 Å². The average Bonchev–Trinajstić information content (AvgIpc) is 2.95. The molecule has 0 fully saturated rings. The molecule has 1 heterocycles. The van der Waals surface area contributed by atoms with Gasteiger partial charge in [-0.2, -0.15) is 0 Å². The summed E-state index contributed by atoms with van der Waals surface area (Å²) in [5.41, 5.74) is 2.42. The zero-order valence-corrected chi connectivity index (χ0v) is 16.5. The van der Waals surface area contributed by atoms with Gasteiger partial charge >= 0.3 is 0 Å². The van der Waals surface area contributed by atoms with Crippen molar-refractivity contribution >= 4 is 11.3 Å². The lowest BCUT2D eigenvalue weighted by atomic mass is 9.84. The number of aromatic nitrogens is 1. The molecule has 0 saturated heterocycles. The van der Waals surface area contributed by atoms with E-state index in [1.165, 1.54) is 18.4 Å². The van der Waals surface area contributed by atoms with Crippen molar-refractivity contribution in [1.29, 1.82) is 0 Å². The summed E-state index contributed by atoms with van der Waals surface area (Å²) < 4.78 is 5.84. The molecular weight excluding hydrogens is 314 g/mol. The Hall–Kier alpha value is -1.35. The van der Waals surface area contributed by atoms with E-state index in [9.17, 15) is 0 Å². The molecule has 0 radical (unpaired) electrons. The lowest BCUT2D eigenvalue weighted by Gasteiger charge is -2.22. The maximum atomic E-state index is 5.84. The van der Waals surface area contributed by atoms with Crippen molar-refractivity contribution in [1.82, 2.24) is 4.98 Å². The van der Waals surface area contributed by atoms with Crippen molar-refractivity contribution in [3.05, 3.63) is 45.9 Å². The van der Waals surface area contributed by atoms with E-state index in [1.807, 2.05) is 6.92 Å². The Morgan fingerprint density at radius 2 is 1.75 bits per heavy atom. The first kappa shape index (κ1) is 19.0. The van der Waals surface area contributed by atoms with Gasteiger partial charge in [-0.15, -0.1) is 11.3 Å². The first-order chi connectivity index (χ1) is 11.4. The molecule has 0 N–H and O–H groups in total. The van der Waals surface area contributed by atoms with Crippen LogP contribution in [0.15, 0.2) is 29.6 Å². The molecule has 1 aromatic heterocycles. The molecular formula is C21H31NOS. The average molecular weight is 346 g/mol. The van der Waals surface area contributed by atoms with Gasteiger partial charge in [0.05, 0.1) is 10.7 Å². The second kappa shape index (κ2) is 9.22. The summed E-state index contributed by atoms with van der Waals surface area (Å²) in [7, 11) is 0. The molecule has 1 unspecified atom stereocenters. The van der Waals surface area contributed by atoms with E-state index in [-0.39, 0.29) is 0 Å². The van der Waals surface area contributed by atoms with Gasteiger partial charge in [0.1, 0.15) is 12.4 Å². The molecule has 3 heteroatoms. The van der Waals surface area contributed by atoms with Crippen LogP contribution in [0.3, 0.4) is 0 Å². The lowest BCUT2D eigenvalue weighted by molar-refractivity contribution is 0.301. The van der Waals surface area contributed by atoms with Gasteiger partial charge in [-0.25, -0.2) is 4.98 Å². The minimum absolute atomic E-state index is 0.548. The van der Waals surface area contributed by atoms with Crippen LogP contribution in [0.4, 0.5) is 0 Å². The number of hydrogen-bond donors (Lipinski definition) is 0. The Morgan fingerprint density at radius 3 is 2.29 bits per heavy atom. The Balaban J connectivity index is 1.87. The maximum absolute atomic E-state index is 5.84. The standard InChI is InChI=1S/C21H31NOS/c1-15(2)6-9-19(16(3)4)12-18-7-10-21(11-8-18)23-13-20-14-24-17(5)22-20/h7-8,10-11,14-16,19H,6,9,12-13H2,1-5H3. The van der Waals surface area contributed by atoms with E-state index in [1.54, 1.807) is 11.3 Å². The van der Waals surface area contributed by atoms with Crippen LogP contribution in [0.2, 0.25) is 0 Å². The molecule has 2 rings (SSSR count). The number of nitrogens with zero attached hydrogens (tertiary/aromatic N) is 1. The zero-order chi connectivity index (χ0) is 17.5. The van der Waals surface area contributed by atoms with Crippen LogP contribution in [-0.2, 0) is 13.0 Å². The normalized spacial score (nSPS) is 12.8. The summed E-state index contributed by atoms with van der Waals surface area (Å²) in [6, 6.07) is 8.61. The second-order valence-electron chi connectivity index (χ2n) is 7.47. The SMILES string of the molecule is Cc1nc(COc2ccc(CC(CCC(C)C)C(C)C)cc2)cs1. The number of aryl methyl sites for hydroxylation is 1. The van der Waals surface area contributed by atoms with Crippen LogP contribution >= 0.6 is 11.3 Å². The van der Waals surface area contributed by atoms with Crippen molar-refractivity contribution in [2.24, 2.45) is 17.8 Å². The molecule has 0 aliphatic rings. The summed E-state index contributed by atoms with van der Waals surface area (Å²) in [6.07, 6.45) is 3.80. The molecule has 0 aliphatic carbocycles. The first-order valence-electron chi connectivity index (χ1n) is 9.06. The molecule has 0 bridgehead atoms. The van der Waals surface area contributed by atoms with Crippen molar-refractivity contribution in [3.8, 4) is 5.75 Å². The third-order valence-corrected chi connectivity index (χ3v) is 5.35. The number of ether oxygens (including phenoxy) is 1. The molecule has 1 aromatic carbocycles. The van der Waals surface area contributed by atoms with E-state index in [4.69, 9.17) is 4.74 Å². The molecule has 1 atom stereocenters. The fourth-order valence-electron chi connectivity index (χ4n) is 2.87. The van der Waals surface area contributed by atoms with Gasteiger partial charge < -0.3 is 4.74 Å². The van der Waals surface area contributed by atoms with Gasteiger partial charge in [-0.3, -0.25) is 0 Å². The second-order valence-corrected chi connectivity index (χ2v) is 8.53. The third-order valence-electron chi connectivity index (χ3n) is 4.53. The highest BCUT2D eigenvalue weighted by atomic mass is 32.1. The van der Waals surface area contributed by atoms with E-state index in [0.29, 0.717) is 6.61 Å². The third kappa shape index (κ3) is 6.27. The van der Waals surface area contributed by atoms with Crippen molar-refractivity contribution in [3.63, 3.8) is 0 Å². The number of rotatable bonds is 9. The van der Waals surface area contributed by atoms with Gasteiger partial charge in [0, 0.05) is 5.38 Å². The summed E-state index contributed by atoms with van der Waals surface area (Å²) in [6.45, 7) is 11.9. The lowest BCUT2D eigenvalue weighted by Crippen LogP contribution is -2.13. The molecule has 2 aromatic rings. The summed E-state index contributed by atoms with van der Waals surface area (Å²) in [5.74, 6) is 3.20. The monoisotopic (exact) mass is 345 g/mol. The minimum Gasteiger partial charge on any atom is -0.487 e. The van der Waals surface area contributed by atoms with Crippen LogP contribution in [0.5, 0.6) is 5.75 Å². The molecule has 2 nitrogen and oxygen atoms in total. The highest BCUT2D eigenvalue weighted by Gasteiger charge is 2.14. The largest absolute Gasteiger partial charge is 0.487 e. The molecule has 0 spiro atoms. The van der Waals surface area contributed by atoms with Gasteiger partial charge in [-0.05, 0) is 55.2 Å². The van der Waals surface area contributed by atoms with Crippen molar-refractivity contribution < 1.29 is 4.74 Å². The van der Waals surface area contributed by atoms with Crippen LogP contribution in [0.25, 0.3) is 0 Å². The minimum atomic E-state index is 0.548. The Morgan fingerprint density at radius 1 is 1.04 bits per heavy atom. The first-order valence-corrected chi connectivity index (χ1v) is 9.94. The Bertz CT molecular complexity index is 601. The van der Waals surface area contributed by atoms with Crippen LogP contribution in [0.1, 0.15) is 56.8 Å². The van der Waals surface area contributed by atoms with Gasteiger partial charge in [0.15, 0.2) is 0 Å². The Labute approximate surface area is 151 Å². The van der Waals surface area contributed by atoms with E-state index >= 15 is 0 Å². The highest BCUT2D eigenvalue weighted by molar-refractivity contribution is 7.09. The van der Waals surface area contributed by atoms with Crippen LogP contribution in [0, 0.1) is 24.7 Å². The summed E-state index contributed by atoms with van der Waals surface area (Å²) >= 11 is 1.67. The predicted octanol–water partition coefficient (Wildman–Crippen LogP) is 6.28. The Kier molecular flexibility index (Phi) is 7.29. The van der Waals surface area contributed by atoms with E-state index < -0.39 is 0 Å². The van der Waals surface area contributed by atoms with E-state index in [0.717, 1.165) is 40.6 Å². The summed E-state index contributed by atoms with van der Waals surface area (Å²) in [5, 5.41) is 3.15. The van der Waals surface area contributed by atoms with Gasteiger partial charge in [-0.1, -0.05) is 46.2 Å². The van der Waals surface area contributed by atoms with Crippen LogP contribution in [-0.4, -0.2) is 4.98 Å². The topological polar surface area (TPSA) is 22.1 Å². The molecule has 132 valence electrons. The quantitative estimate of drug-likeness (QED) is 0.533. The van der Waals surface area contributed by atoms with Crippen LogP contribution < -0.4 is 4.74 Å². The molecule has 24 heavy (non-hydrogen) atoms. The number of hydrogen-bond acceptors (Lipinski definition) is 3.